The van der Waals surface area contributed by atoms with Gasteiger partial charge in [0.05, 0.1) is 6.07 Å². The number of benzene rings is 2. The molecule has 0 radical (unpaired) electrons. The summed E-state index contributed by atoms with van der Waals surface area (Å²) in [6, 6.07) is 16.9. The van der Waals surface area contributed by atoms with Crippen LogP contribution in [-0.2, 0) is 11.2 Å². The Hall–Kier alpha value is -2.11. The van der Waals surface area contributed by atoms with Crippen LogP contribution in [-0.4, -0.2) is 5.78 Å². The lowest BCUT2D eigenvalue weighted by atomic mass is 9.91. The molecule has 0 N–H and O–H groups in total. The molecular weight excluding hydrogens is 270 g/mol. The third kappa shape index (κ3) is 3.07. The number of carbonyl (C=O) groups excluding carboxylic acids is 1. The summed E-state index contributed by atoms with van der Waals surface area (Å²) in [6.45, 7) is 1.86. The summed E-state index contributed by atoms with van der Waals surface area (Å²) in [7, 11) is 0. The second-order valence-electron chi connectivity index (χ2n) is 4.67. The van der Waals surface area contributed by atoms with E-state index in [1.54, 1.807) is 6.07 Å². The Morgan fingerprint density at radius 1 is 1.20 bits per heavy atom. The highest BCUT2D eigenvalue weighted by Gasteiger charge is 2.23. The lowest BCUT2D eigenvalue weighted by Gasteiger charge is -2.12. The molecule has 0 saturated carbocycles. The van der Waals surface area contributed by atoms with Gasteiger partial charge in [0.1, 0.15) is 5.92 Å². The van der Waals surface area contributed by atoms with Crippen LogP contribution < -0.4 is 0 Å². The average molecular weight is 284 g/mol. The van der Waals surface area contributed by atoms with Crippen LogP contribution in [0, 0.1) is 18.3 Å². The van der Waals surface area contributed by atoms with Gasteiger partial charge in [0, 0.05) is 11.4 Å². The predicted octanol–water partition coefficient (Wildman–Crippen LogP) is 4.07. The third-order valence-corrected chi connectivity index (χ3v) is 3.72. The minimum Gasteiger partial charge on any atom is -0.297 e. The van der Waals surface area contributed by atoms with Gasteiger partial charge in [-0.2, -0.15) is 5.26 Å². The van der Waals surface area contributed by atoms with E-state index in [1.807, 2.05) is 49.4 Å². The summed E-state index contributed by atoms with van der Waals surface area (Å²) in [6.07, 6.45) is 0.239. The van der Waals surface area contributed by atoms with Gasteiger partial charge in [-0.1, -0.05) is 60.1 Å². The minimum absolute atomic E-state index is 0.133. The fourth-order valence-corrected chi connectivity index (χ4v) is 2.34. The maximum absolute atomic E-state index is 12.3. The molecule has 0 aliphatic carbocycles. The molecule has 0 amide bonds. The van der Waals surface area contributed by atoms with Gasteiger partial charge in [0.25, 0.3) is 0 Å². The van der Waals surface area contributed by atoms with Crippen molar-refractivity contribution in [2.75, 3.05) is 0 Å². The van der Waals surface area contributed by atoms with E-state index in [-0.39, 0.29) is 12.2 Å². The first kappa shape index (κ1) is 14.3. The standard InChI is InChI=1S/C17H14ClNO/c1-12-6-5-9-14(17(12)18)15(11-19)16(20)10-13-7-3-2-4-8-13/h2-9,15H,10H2,1H3. The maximum atomic E-state index is 12.3. The molecule has 2 aromatic rings. The quantitative estimate of drug-likeness (QED) is 0.849. The Bertz CT molecular complexity index is 658. The van der Waals surface area contributed by atoms with Gasteiger partial charge in [-0.3, -0.25) is 4.79 Å². The molecule has 0 fully saturated rings. The Labute approximate surface area is 123 Å². The summed E-state index contributed by atoms with van der Waals surface area (Å²) < 4.78 is 0. The zero-order chi connectivity index (χ0) is 14.5. The number of aryl methyl sites for hydroxylation is 1. The number of carbonyl (C=O) groups is 1. The number of Topliss-reactive ketones (excluding diaryl/α,β-unsaturated/α-hetero) is 1. The van der Waals surface area contributed by atoms with E-state index in [1.165, 1.54) is 0 Å². The minimum atomic E-state index is -0.817. The Kier molecular flexibility index (Phi) is 4.55. The molecule has 3 heteroatoms. The Morgan fingerprint density at radius 2 is 1.90 bits per heavy atom. The smallest absolute Gasteiger partial charge is 0.158 e. The molecule has 2 rings (SSSR count). The van der Waals surface area contributed by atoms with Crippen molar-refractivity contribution >= 4 is 17.4 Å². The zero-order valence-electron chi connectivity index (χ0n) is 11.1. The van der Waals surface area contributed by atoms with E-state index in [0.29, 0.717) is 10.6 Å². The molecule has 0 bridgehead atoms. The van der Waals surface area contributed by atoms with Crippen LogP contribution in [0.3, 0.4) is 0 Å². The van der Waals surface area contributed by atoms with Crippen LogP contribution in [0.1, 0.15) is 22.6 Å². The molecule has 1 unspecified atom stereocenters. The first-order valence-electron chi connectivity index (χ1n) is 6.34. The average Bonchev–Trinajstić information content (AvgIpc) is 2.45. The SMILES string of the molecule is Cc1cccc(C(C#N)C(=O)Cc2ccccc2)c1Cl. The maximum Gasteiger partial charge on any atom is 0.158 e. The first-order chi connectivity index (χ1) is 9.63. The molecule has 100 valence electrons. The van der Waals surface area contributed by atoms with Gasteiger partial charge in [0.2, 0.25) is 0 Å². The van der Waals surface area contributed by atoms with Crippen molar-refractivity contribution in [2.24, 2.45) is 0 Å². The monoisotopic (exact) mass is 283 g/mol. The van der Waals surface area contributed by atoms with Crippen molar-refractivity contribution in [1.29, 1.82) is 5.26 Å². The van der Waals surface area contributed by atoms with E-state index in [4.69, 9.17) is 11.6 Å². The molecule has 1 atom stereocenters. The normalized spacial score (nSPS) is 11.7. The fraction of sp³-hybridized carbons (Fsp3) is 0.176. The first-order valence-corrected chi connectivity index (χ1v) is 6.72. The molecule has 2 nitrogen and oxygen atoms in total. The predicted molar refractivity (Wildman–Crippen MR) is 79.7 cm³/mol. The lowest BCUT2D eigenvalue weighted by Crippen LogP contribution is -2.14. The van der Waals surface area contributed by atoms with Crippen LogP contribution in [0.4, 0.5) is 0 Å². The number of ketones is 1. The molecule has 0 saturated heterocycles. The van der Waals surface area contributed by atoms with Crippen LogP contribution in [0.15, 0.2) is 48.5 Å². The van der Waals surface area contributed by atoms with Crippen molar-refractivity contribution in [2.45, 2.75) is 19.3 Å². The van der Waals surface area contributed by atoms with E-state index >= 15 is 0 Å². The molecular formula is C17H14ClNO. The summed E-state index contributed by atoms with van der Waals surface area (Å²) in [4.78, 5) is 12.3. The Balaban J connectivity index is 2.27. The van der Waals surface area contributed by atoms with Crippen LogP contribution in [0.5, 0.6) is 0 Å². The van der Waals surface area contributed by atoms with Gasteiger partial charge in [-0.25, -0.2) is 0 Å². The second kappa shape index (κ2) is 6.36. The van der Waals surface area contributed by atoms with Crippen LogP contribution >= 0.6 is 11.6 Å². The highest BCUT2D eigenvalue weighted by atomic mass is 35.5. The van der Waals surface area contributed by atoms with Gasteiger partial charge in [-0.05, 0) is 23.6 Å². The lowest BCUT2D eigenvalue weighted by molar-refractivity contribution is -0.118. The molecule has 0 spiro atoms. The van der Waals surface area contributed by atoms with Gasteiger partial charge in [0.15, 0.2) is 5.78 Å². The largest absolute Gasteiger partial charge is 0.297 e. The number of nitrogens with zero attached hydrogens (tertiary/aromatic N) is 1. The summed E-state index contributed by atoms with van der Waals surface area (Å²) >= 11 is 6.21. The Morgan fingerprint density at radius 3 is 2.55 bits per heavy atom. The van der Waals surface area contributed by atoms with E-state index in [2.05, 4.69) is 6.07 Å². The van der Waals surface area contributed by atoms with Crippen LogP contribution in [0.2, 0.25) is 5.02 Å². The number of nitriles is 1. The van der Waals surface area contributed by atoms with E-state index in [0.717, 1.165) is 11.1 Å². The zero-order valence-corrected chi connectivity index (χ0v) is 11.9. The van der Waals surface area contributed by atoms with Crippen molar-refractivity contribution in [3.63, 3.8) is 0 Å². The fourth-order valence-electron chi connectivity index (χ4n) is 2.11. The summed E-state index contributed by atoms with van der Waals surface area (Å²) in [5.74, 6) is -0.950. The summed E-state index contributed by atoms with van der Waals surface area (Å²) in [5, 5.41) is 9.81. The second-order valence-corrected chi connectivity index (χ2v) is 5.05. The van der Waals surface area contributed by atoms with E-state index in [9.17, 15) is 10.1 Å². The van der Waals surface area contributed by atoms with Gasteiger partial charge >= 0.3 is 0 Å². The van der Waals surface area contributed by atoms with Crippen LogP contribution in [0.25, 0.3) is 0 Å². The highest BCUT2D eigenvalue weighted by molar-refractivity contribution is 6.32. The van der Waals surface area contributed by atoms with Crippen molar-refractivity contribution in [1.82, 2.24) is 0 Å². The molecule has 0 aliphatic rings. The molecule has 0 aliphatic heterocycles. The highest BCUT2D eigenvalue weighted by Crippen LogP contribution is 2.28. The topological polar surface area (TPSA) is 40.9 Å². The molecule has 2 aromatic carbocycles. The number of hydrogen-bond donors (Lipinski definition) is 0. The van der Waals surface area contributed by atoms with Gasteiger partial charge in [-0.15, -0.1) is 0 Å². The molecule has 0 heterocycles. The van der Waals surface area contributed by atoms with E-state index < -0.39 is 5.92 Å². The number of hydrogen-bond acceptors (Lipinski definition) is 2. The number of halogens is 1. The van der Waals surface area contributed by atoms with Crippen molar-refractivity contribution in [3.8, 4) is 6.07 Å². The van der Waals surface area contributed by atoms with Gasteiger partial charge < -0.3 is 0 Å². The molecule has 0 aromatic heterocycles. The third-order valence-electron chi connectivity index (χ3n) is 3.20. The molecule has 20 heavy (non-hydrogen) atoms. The van der Waals surface area contributed by atoms with Crippen molar-refractivity contribution < 1.29 is 4.79 Å². The van der Waals surface area contributed by atoms with Crippen molar-refractivity contribution in [3.05, 3.63) is 70.2 Å². The summed E-state index contributed by atoms with van der Waals surface area (Å²) in [5.41, 5.74) is 2.37. The number of rotatable bonds is 4.